The van der Waals surface area contributed by atoms with Gasteiger partial charge in [0.15, 0.2) is 5.75 Å². The number of halogens is 2. The summed E-state index contributed by atoms with van der Waals surface area (Å²) in [6.45, 7) is 1.70. The summed E-state index contributed by atoms with van der Waals surface area (Å²) in [6.07, 6.45) is 0.312. The minimum atomic E-state index is -4.12. The molecule has 0 atom stereocenters. The first-order valence-corrected chi connectivity index (χ1v) is 8.40. The van der Waals surface area contributed by atoms with Crippen LogP contribution in [0.2, 0.25) is 5.02 Å². The molecule has 5 nitrogen and oxygen atoms in total. The molecule has 0 heterocycles. The van der Waals surface area contributed by atoms with Gasteiger partial charge in [-0.2, -0.15) is 8.42 Å². The van der Waals surface area contributed by atoms with E-state index in [0.717, 1.165) is 18.2 Å². The zero-order chi connectivity index (χ0) is 17.0. The van der Waals surface area contributed by atoms with E-state index < -0.39 is 15.9 Å². The summed E-state index contributed by atoms with van der Waals surface area (Å²) in [5.74, 6) is -0.956. The molecule has 1 N–H and O–H groups in total. The van der Waals surface area contributed by atoms with Gasteiger partial charge in [-0.15, -0.1) is 0 Å². The Morgan fingerprint density at radius 2 is 1.87 bits per heavy atom. The number of benzene rings is 2. The molecule has 0 unspecified atom stereocenters. The Morgan fingerprint density at radius 1 is 1.22 bits per heavy atom. The predicted molar refractivity (Wildman–Crippen MR) is 84.6 cm³/mol. The van der Waals surface area contributed by atoms with Gasteiger partial charge in [-0.25, -0.2) is 4.39 Å². The highest BCUT2D eigenvalue weighted by molar-refractivity contribution is 7.87. The highest BCUT2D eigenvalue weighted by atomic mass is 35.5. The molecule has 2 aromatic rings. The molecule has 0 aliphatic carbocycles. The molecule has 0 aliphatic rings. The summed E-state index contributed by atoms with van der Waals surface area (Å²) in [7, 11) is -4.12. The van der Waals surface area contributed by atoms with Crippen molar-refractivity contribution in [3.63, 3.8) is 0 Å². The van der Waals surface area contributed by atoms with Gasteiger partial charge >= 0.3 is 10.1 Å². The van der Waals surface area contributed by atoms with Gasteiger partial charge in [0.2, 0.25) is 5.91 Å². The minimum absolute atomic E-state index is 0.118. The van der Waals surface area contributed by atoms with Gasteiger partial charge in [0.25, 0.3) is 0 Å². The van der Waals surface area contributed by atoms with Crippen molar-refractivity contribution in [2.24, 2.45) is 0 Å². The molecular formula is C15H13ClFNO4S. The van der Waals surface area contributed by atoms with Crippen molar-refractivity contribution in [2.45, 2.75) is 18.2 Å². The molecule has 0 bridgehead atoms. The van der Waals surface area contributed by atoms with E-state index in [4.69, 9.17) is 15.8 Å². The third-order valence-electron chi connectivity index (χ3n) is 2.84. The van der Waals surface area contributed by atoms with Crippen molar-refractivity contribution in [1.82, 2.24) is 0 Å². The van der Waals surface area contributed by atoms with Gasteiger partial charge in [-0.05, 0) is 42.5 Å². The second-order valence-corrected chi connectivity index (χ2v) is 6.49. The smallest absolute Gasteiger partial charge is 0.339 e. The van der Waals surface area contributed by atoms with Gasteiger partial charge in [0.1, 0.15) is 10.7 Å². The number of nitrogens with one attached hydrogen (secondary N) is 1. The van der Waals surface area contributed by atoms with Crippen LogP contribution in [0.4, 0.5) is 10.1 Å². The van der Waals surface area contributed by atoms with Gasteiger partial charge in [-0.1, -0.05) is 18.5 Å². The van der Waals surface area contributed by atoms with Gasteiger partial charge < -0.3 is 9.50 Å². The van der Waals surface area contributed by atoms with E-state index in [2.05, 4.69) is 5.32 Å². The monoisotopic (exact) mass is 357 g/mol. The summed E-state index contributed by atoms with van der Waals surface area (Å²) in [4.78, 5) is 11.2. The molecule has 0 spiro atoms. The zero-order valence-electron chi connectivity index (χ0n) is 12.0. The van der Waals surface area contributed by atoms with E-state index in [9.17, 15) is 17.6 Å². The predicted octanol–water partition coefficient (Wildman–Crippen LogP) is 3.60. The second kappa shape index (κ2) is 6.97. The lowest BCUT2D eigenvalue weighted by atomic mass is 10.3. The molecule has 2 aromatic carbocycles. The minimum Gasteiger partial charge on any atom is -0.377 e. The van der Waals surface area contributed by atoms with Crippen LogP contribution in [0, 0.1) is 5.82 Å². The summed E-state index contributed by atoms with van der Waals surface area (Å²) in [6, 6.07) is 8.59. The van der Waals surface area contributed by atoms with Crippen LogP contribution in [0.3, 0.4) is 0 Å². The topological polar surface area (TPSA) is 72.5 Å². The molecule has 0 saturated carbocycles. The number of hydrogen-bond acceptors (Lipinski definition) is 4. The Morgan fingerprint density at radius 3 is 2.43 bits per heavy atom. The van der Waals surface area contributed by atoms with E-state index in [1.165, 1.54) is 24.3 Å². The quantitative estimate of drug-likeness (QED) is 0.830. The highest BCUT2D eigenvalue weighted by Gasteiger charge is 2.18. The van der Waals surface area contributed by atoms with E-state index >= 15 is 0 Å². The van der Waals surface area contributed by atoms with Crippen LogP contribution in [0.5, 0.6) is 5.75 Å². The maximum Gasteiger partial charge on any atom is 0.339 e. The first-order valence-electron chi connectivity index (χ1n) is 6.61. The number of amides is 1. The summed E-state index contributed by atoms with van der Waals surface area (Å²) in [5, 5.41) is 2.45. The fourth-order valence-electron chi connectivity index (χ4n) is 1.66. The maximum absolute atomic E-state index is 13.0. The zero-order valence-corrected chi connectivity index (χ0v) is 13.6. The fourth-order valence-corrected chi connectivity index (χ4v) is 2.86. The molecule has 23 heavy (non-hydrogen) atoms. The van der Waals surface area contributed by atoms with Gasteiger partial charge in [-0.3, -0.25) is 4.79 Å². The lowest BCUT2D eigenvalue weighted by Gasteiger charge is -2.09. The van der Waals surface area contributed by atoms with Crippen LogP contribution in [-0.2, 0) is 14.9 Å². The van der Waals surface area contributed by atoms with Crippen LogP contribution in [0.25, 0.3) is 0 Å². The first-order chi connectivity index (χ1) is 10.8. The lowest BCUT2D eigenvalue weighted by Crippen LogP contribution is -2.11. The first kappa shape index (κ1) is 17.2. The molecule has 0 aromatic heterocycles. The van der Waals surface area contributed by atoms with Crippen molar-refractivity contribution < 1.29 is 21.8 Å². The van der Waals surface area contributed by atoms with Crippen LogP contribution in [0.15, 0.2) is 47.4 Å². The molecule has 0 saturated heterocycles. The normalized spacial score (nSPS) is 11.1. The van der Waals surface area contributed by atoms with Crippen molar-refractivity contribution in [3.8, 4) is 5.75 Å². The number of anilines is 1. The van der Waals surface area contributed by atoms with Crippen molar-refractivity contribution in [3.05, 3.63) is 53.3 Å². The van der Waals surface area contributed by atoms with Crippen molar-refractivity contribution >= 4 is 33.3 Å². The van der Waals surface area contributed by atoms with Crippen LogP contribution in [-0.4, -0.2) is 14.3 Å². The Bertz CT molecular complexity index is 822. The summed E-state index contributed by atoms with van der Waals surface area (Å²) >= 11 is 5.74. The average Bonchev–Trinajstić information content (AvgIpc) is 2.50. The molecule has 0 radical (unpaired) electrons. The molecule has 1 amide bonds. The third kappa shape index (κ3) is 4.43. The SMILES string of the molecule is CCC(=O)Nc1ccc(S(=O)(=O)Oc2ccc(F)cc2Cl)cc1. The molecule has 122 valence electrons. The Balaban J connectivity index is 2.20. The van der Waals surface area contributed by atoms with E-state index in [0.29, 0.717) is 12.1 Å². The van der Waals surface area contributed by atoms with Crippen LogP contribution in [0.1, 0.15) is 13.3 Å². The van der Waals surface area contributed by atoms with Crippen LogP contribution >= 0.6 is 11.6 Å². The maximum atomic E-state index is 13.0. The van der Waals surface area contributed by atoms with Crippen molar-refractivity contribution in [1.29, 1.82) is 0 Å². The largest absolute Gasteiger partial charge is 0.377 e. The number of rotatable bonds is 5. The summed E-state index contributed by atoms with van der Waals surface area (Å²) in [5.41, 5.74) is 0.468. The number of carbonyl (C=O) groups excluding carboxylic acids is 1. The molecule has 2 rings (SSSR count). The number of hydrogen-bond donors (Lipinski definition) is 1. The fraction of sp³-hybridized carbons (Fsp3) is 0.133. The standard InChI is InChI=1S/C15H13ClFNO4S/c1-2-15(19)18-11-4-6-12(7-5-11)23(20,21)22-14-8-3-10(17)9-13(14)16/h3-9H,2H2,1H3,(H,18,19). The number of carbonyl (C=O) groups is 1. The van der Waals surface area contributed by atoms with E-state index in [1.54, 1.807) is 6.92 Å². The Hall–Kier alpha value is -2.12. The average molecular weight is 358 g/mol. The highest BCUT2D eigenvalue weighted by Crippen LogP contribution is 2.28. The van der Waals surface area contributed by atoms with Gasteiger partial charge in [0.05, 0.1) is 5.02 Å². The van der Waals surface area contributed by atoms with Gasteiger partial charge in [0, 0.05) is 12.1 Å². The third-order valence-corrected chi connectivity index (χ3v) is 4.39. The molecule has 8 heteroatoms. The lowest BCUT2D eigenvalue weighted by molar-refractivity contribution is -0.115. The molecule has 0 fully saturated rings. The second-order valence-electron chi connectivity index (χ2n) is 4.54. The van der Waals surface area contributed by atoms with Crippen molar-refractivity contribution in [2.75, 3.05) is 5.32 Å². The Kier molecular flexibility index (Phi) is 5.23. The van der Waals surface area contributed by atoms with E-state index in [1.807, 2.05) is 0 Å². The Labute approximate surface area is 138 Å². The molecule has 0 aliphatic heterocycles. The summed E-state index contributed by atoms with van der Waals surface area (Å²) < 4.78 is 42.2. The van der Waals surface area contributed by atoms with Crippen LogP contribution < -0.4 is 9.50 Å². The van der Waals surface area contributed by atoms with E-state index in [-0.39, 0.29) is 21.6 Å². The molecular weight excluding hydrogens is 345 g/mol.